The molecule has 0 aromatic heterocycles. The molecule has 0 bridgehead atoms. The van der Waals surface area contributed by atoms with E-state index in [1.54, 1.807) is 7.11 Å². The molecule has 0 unspecified atom stereocenters. The molecule has 0 saturated carbocycles. The number of ether oxygens (including phenoxy) is 1. The van der Waals surface area contributed by atoms with Crippen molar-refractivity contribution in [2.45, 2.75) is 33.1 Å². The minimum absolute atomic E-state index is 0.110. The van der Waals surface area contributed by atoms with Crippen molar-refractivity contribution >= 4 is 15.4 Å². The molecule has 0 aliphatic rings. The summed E-state index contributed by atoms with van der Waals surface area (Å²) in [5, 5.41) is 1.03. The van der Waals surface area contributed by atoms with E-state index in [0.29, 0.717) is 0 Å². The van der Waals surface area contributed by atoms with Crippen molar-refractivity contribution < 1.29 is 4.74 Å². The van der Waals surface area contributed by atoms with Crippen LogP contribution in [0.4, 0.5) is 0 Å². The van der Waals surface area contributed by atoms with Gasteiger partial charge < -0.3 is 4.74 Å². The summed E-state index contributed by atoms with van der Waals surface area (Å²) in [7, 11) is 5.29. The van der Waals surface area contributed by atoms with Gasteiger partial charge in [-0.2, -0.15) is 0 Å². The van der Waals surface area contributed by atoms with Crippen molar-refractivity contribution in [3.05, 3.63) is 23.3 Å². The van der Waals surface area contributed by atoms with Crippen LogP contribution in [0.15, 0.2) is 12.1 Å². The molecule has 0 heterocycles. The first-order valence-corrected chi connectivity index (χ1v) is 5.27. The summed E-state index contributed by atoms with van der Waals surface area (Å²) in [6.07, 6.45) is 0. The van der Waals surface area contributed by atoms with Crippen LogP contribution in [0.25, 0.3) is 0 Å². The Hall–Kier alpha value is -0.763. The molecule has 1 rings (SSSR count). The van der Waals surface area contributed by atoms with E-state index in [2.05, 4.69) is 50.1 Å². The lowest BCUT2D eigenvalue weighted by molar-refractivity contribution is 0.401. The van der Waals surface area contributed by atoms with Crippen LogP contribution in [-0.4, -0.2) is 17.4 Å². The number of aryl methyl sites for hydroxylation is 1. The normalized spacial score (nSPS) is 11.6. The molecule has 3 radical (unpaired) electrons. The zero-order valence-corrected chi connectivity index (χ0v) is 10.6. The summed E-state index contributed by atoms with van der Waals surface area (Å²) in [5.41, 5.74) is 2.60. The molecule has 1 aromatic rings. The van der Waals surface area contributed by atoms with Gasteiger partial charge in [0.05, 0.1) is 17.4 Å². The van der Waals surface area contributed by atoms with Gasteiger partial charge in [0.15, 0.2) is 0 Å². The van der Waals surface area contributed by atoms with Crippen LogP contribution in [0.1, 0.15) is 31.9 Å². The quantitative estimate of drug-likeness (QED) is 0.638. The van der Waals surface area contributed by atoms with Crippen LogP contribution >= 0.6 is 0 Å². The molecule has 0 amide bonds. The van der Waals surface area contributed by atoms with Crippen LogP contribution in [0.2, 0.25) is 0 Å². The SMILES string of the molecule is COc1c([Si])cc(C)cc1C(C)(C)C. The third kappa shape index (κ3) is 2.18. The third-order valence-corrected chi connectivity index (χ3v) is 2.62. The van der Waals surface area contributed by atoms with Gasteiger partial charge in [-0.1, -0.05) is 38.5 Å². The number of hydrogen-bond donors (Lipinski definition) is 0. The molecular weight excluding hydrogens is 188 g/mol. The second-order valence-corrected chi connectivity index (χ2v) is 5.18. The number of benzene rings is 1. The molecular formula is C12H17OSi. The zero-order valence-electron chi connectivity index (χ0n) is 9.56. The molecule has 1 aromatic carbocycles. The van der Waals surface area contributed by atoms with E-state index < -0.39 is 0 Å². The van der Waals surface area contributed by atoms with Gasteiger partial charge in [0, 0.05) is 0 Å². The van der Waals surface area contributed by atoms with Crippen molar-refractivity contribution in [2.75, 3.05) is 7.11 Å². The average Bonchev–Trinajstić information content (AvgIpc) is 2.01. The smallest absolute Gasteiger partial charge is 0.120 e. The van der Waals surface area contributed by atoms with Crippen LogP contribution in [0.3, 0.4) is 0 Å². The van der Waals surface area contributed by atoms with Crippen LogP contribution in [0.5, 0.6) is 5.75 Å². The minimum atomic E-state index is 0.110. The lowest BCUT2D eigenvalue weighted by Crippen LogP contribution is -2.19. The average molecular weight is 205 g/mol. The minimum Gasteiger partial charge on any atom is -0.497 e. The van der Waals surface area contributed by atoms with E-state index in [4.69, 9.17) is 4.74 Å². The Balaban J connectivity index is 3.40. The van der Waals surface area contributed by atoms with Gasteiger partial charge in [-0.25, -0.2) is 0 Å². The fraction of sp³-hybridized carbons (Fsp3) is 0.500. The summed E-state index contributed by atoms with van der Waals surface area (Å²) >= 11 is 0. The second-order valence-electron chi connectivity index (χ2n) is 4.64. The number of rotatable bonds is 1. The first-order chi connectivity index (χ1) is 6.36. The van der Waals surface area contributed by atoms with Crippen molar-refractivity contribution in [3.63, 3.8) is 0 Å². The fourth-order valence-corrected chi connectivity index (χ4v) is 2.01. The summed E-state index contributed by atoms with van der Waals surface area (Å²) in [6, 6.07) is 4.26. The van der Waals surface area contributed by atoms with Crippen LogP contribution < -0.4 is 9.92 Å². The molecule has 0 aliphatic heterocycles. The highest BCUT2D eigenvalue weighted by atomic mass is 28.1. The van der Waals surface area contributed by atoms with E-state index >= 15 is 0 Å². The molecule has 75 valence electrons. The highest BCUT2D eigenvalue weighted by Gasteiger charge is 2.20. The van der Waals surface area contributed by atoms with Crippen molar-refractivity contribution in [3.8, 4) is 5.75 Å². The van der Waals surface area contributed by atoms with Gasteiger partial charge in [-0.3, -0.25) is 0 Å². The standard InChI is InChI=1S/C12H17OSi/c1-8-6-9(12(2,3)4)11(13-5)10(14)7-8/h6-7H,1-5H3. The Morgan fingerprint density at radius 3 is 2.21 bits per heavy atom. The molecule has 1 nitrogen and oxygen atoms in total. The molecule has 0 N–H and O–H groups in total. The second kappa shape index (κ2) is 3.77. The third-order valence-electron chi connectivity index (χ3n) is 2.25. The monoisotopic (exact) mass is 205 g/mol. The summed E-state index contributed by atoms with van der Waals surface area (Å²) < 4.78 is 5.41. The lowest BCUT2D eigenvalue weighted by Gasteiger charge is -2.24. The summed E-state index contributed by atoms with van der Waals surface area (Å²) in [5.74, 6) is 0.944. The Kier molecular flexibility index (Phi) is 3.05. The Morgan fingerprint density at radius 2 is 1.79 bits per heavy atom. The first-order valence-electron chi connectivity index (χ1n) is 4.77. The largest absolute Gasteiger partial charge is 0.497 e. The molecule has 0 spiro atoms. The molecule has 2 heteroatoms. The van der Waals surface area contributed by atoms with E-state index in [9.17, 15) is 0 Å². The molecule has 0 fully saturated rings. The van der Waals surface area contributed by atoms with E-state index in [1.807, 2.05) is 0 Å². The van der Waals surface area contributed by atoms with E-state index in [-0.39, 0.29) is 5.41 Å². The van der Waals surface area contributed by atoms with Gasteiger partial charge in [0.2, 0.25) is 0 Å². The van der Waals surface area contributed by atoms with E-state index in [0.717, 1.165) is 10.9 Å². The van der Waals surface area contributed by atoms with Crippen LogP contribution in [-0.2, 0) is 5.41 Å². The lowest BCUT2D eigenvalue weighted by atomic mass is 9.85. The Labute approximate surface area is 89.9 Å². The highest BCUT2D eigenvalue weighted by molar-refractivity contribution is 6.34. The first kappa shape index (κ1) is 11.3. The number of methoxy groups -OCH3 is 1. The molecule has 0 atom stereocenters. The summed E-state index contributed by atoms with van der Waals surface area (Å²) in [6.45, 7) is 8.67. The maximum atomic E-state index is 5.41. The Morgan fingerprint density at radius 1 is 1.21 bits per heavy atom. The van der Waals surface area contributed by atoms with Gasteiger partial charge in [0.1, 0.15) is 5.75 Å². The Bertz CT molecular complexity index is 337. The fourth-order valence-electron chi connectivity index (χ4n) is 1.55. The molecule has 0 aliphatic carbocycles. The topological polar surface area (TPSA) is 9.23 Å². The molecule has 0 saturated heterocycles. The van der Waals surface area contributed by atoms with Gasteiger partial charge in [-0.15, -0.1) is 0 Å². The van der Waals surface area contributed by atoms with Crippen molar-refractivity contribution in [1.82, 2.24) is 0 Å². The van der Waals surface area contributed by atoms with E-state index in [1.165, 1.54) is 11.1 Å². The highest BCUT2D eigenvalue weighted by Crippen LogP contribution is 2.30. The van der Waals surface area contributed by atoms with Gasteiger partial charge in [-0.05, 0) is 23.1 Å². The van der Waals surface area contributed by atoms with Gasteiger partial charge >= 0.3 is 0 Å². The van der Waals surface area contributed by atoms with Crippen molar-refractivity contribution in [1.29, 1.82) is 0 Å². The van der Waals surface area contributed by atoms with Crippen molar-refractivity contribution in [2.24, 2.45) is 0 Å². The predicted octanol–water partition coefficient (Wildman–Crippen LogP) is 2.09. The predicted molar refractivity (Wildman–Crippen MR) is 61.8 cm³/mol. The zero-order chi connectivity index (χ0) is 10.9. The maximum Gasteiger partial charge on any atom is 0.120 e. The summed E-state index contributed by atoms with van der Waals surface area (Å²) in [4.78, 5) is 0. The van der Waals surface area contributed by atoms with Gasteiger partial charge in [0.25, 0.3) is 0 Å². The maximum absolute atomic E-state index is 5.41. The number of hydrogen-bond acceptors (Lipinski definition) is 1. The molecule has 14 heavy (non-hydrogen) atoms. The van der Waals surface area contributed by atoms with Crippen LogP contribution in [0, 0.1) is 6.92 Å².